The highest BCUT2D eigenvalue weighted by Crippen LogP contribution is 2.45. The molecule has 11 heteroatoms. The summed E-state index contributed by atoms with van der Waals surface area (Å²) in [6, 6.07) is 9.86. The molecule has 1 aliphatic heterocycles. The molecule has 0 saturated carbocycles. The first-order chi connectivity index (χ1) is 15.7. The topological polar surface area (TPSA) is 54.5 Å². The molecular formula is C23H15F6NO3S. The minimum atomic E-state index is -5.14. The maximum absolute atomic E-state index is 13.5. The molecule has 4 rings (SSSR count). The predicted octanol–water partition coefficient (Wildman–Crippen LogP) is 5.97. The first-order valence-corrected chi connectivity index (χ1v) is 11.2. The van der Waals surface area contributed by atoms with Gasteiger partial charge in [0.1, 0.15) is 0 Å². The van der Waals surface area contributed by atoms with Crippen molar-refractivity contribution in [3.05, 3.63) is 100 Å². The second kappa shape index (κ2) is 7.86. The highest BCUT2D eigenvalue weighted by atomic mass is 32.2. The molecule has 3 aromatic rings. The first-order valence-electron chi connectivity index (χ1n) is 9.75. The summed E-state index contributed by atoms with van der Waals surface area (Å²) in [5.41, 5.74) is -3.29. The number of fused-ring (bicyclic) bond motifs is 1. The Labute approximate surface area is 190 Å². The van der Waals surface area contributed by atoms with Gasteiger partial charge in [0, 0.05) is 5.56 Å². The summed E-state index contributed by atoms with van der Waals surface area (Å²) in [5, 5.41) is 0. The van der Waals surface area contributed by atoms with E-state index in [-0.39, 0.29) is 22.1 Å². The number of nitrogens with zero attached hydrogens (tertiary/aromatic N) is 1. The Morgan fingerprint density at radius 2 is 1.32 bits per heavy atom. The molecule has 1 heterocycles. The van der Waals surface area contributed by atoms with Crippen molar-refractivity contribution < 1.29 is 39.6 Å². The van der Waals surface area contributed by atoms with E-state index in [0.717, 1.165) is 0 Å². The zero-order valence-electron chi connectivity index (χ0n) is 17.3. The van der Waals surface area contributed by atoms with Crippen LogP contribution in [0.2, 0.25) is 0 Å². The highest BCUT2D eigenvalue weighted by Gasteiger charge is 2.47. The third kappa shape index (κ3) is 4.04. The molecule has 0 radical (unpaired) electrons. The minimum absolute atomic E-state index is 0.0179. The molecule has 0 aliphatic carbocycles. The molecule has 1 amide bonds. The number of alkyl halides is 6. The summed E-state index contributed by atoms with van der Waals surface area (Å²) in [6.45, 7) is 1.69. The number of halogens is 6. The third-order valence-corrected chi connectivity index (χ3v) is 7.19. The average Bonchev–Trinajstić information content (AvgIpc) is 3.06. The largest absolute Gasteiger partial charge is 0.416 e. The van der Waals surface area contributed by atoms with Gasteiger partial charge in [0.15, 0.2) is 0 Å². The zero-order chi connectivity index (χ0) is 25.1. The summed E-state index contributed by atoms with van der Waals surface area (Å²) in [6.07, 6.45) is -10.3. The van der Waals surface area contributed by atoms with Crippen molar-refractivity contribution in [2.24, 2.45) is 0 Å². The highest BCUT2D eigenvalue weighted by molar-refractivity contribution is 7.89. The number of sulfonamides is 1. The third-order valence-electron chi connectivity index (χ3n) is 5.42. The van der Waals surface area contributed by atoms with Crippen molar-refractivity contribution in [3.63, 3.8) is 0 Å². The molecule has 1 unspecified atom stereocenters. The lowest BCUT2D eigenvalue weighted by atomic mass is 9.95. The van der Waals surface area contributed by atoms with Crippen LogP contribution in [0.5, 0.6) is 0 Å². The van der Waals surface area contributed by atoms with Crippen LogP contribution in [0.1, 0.15) is 44.2 Å². The predicted molar refractivity (Wildman–Crippen MR) is 109 cm³/mol. The Balaban J connectivity index is 1.99. The van der Waals surface area contributed by atoms with Crippen LogP contribution in [0, 0.1) is 6.92 Å². The van der Waals surface area contributed by atoms with Gasteiger partial charge in [-0.25, -0.2) is 12.7 Å². The monoisotopic (exact) mass is 499 g/mol. The molecule has 0 spiro atoms. The van der Waals surface area contributed by atoms with Crippen molar-refractivity contribution in [2.75, 3.05) is 0 Å². The lowest BCUT2D eigenvalue weighted by molar-refractivity contribution is -0.143. The van der Waals surface area contributed by atoms with E-state index in [2.05, 4.69) is 0 Å². The van der Waals surface area contributed by atoms with Gasteiger partial charge >= 0.3 is 12.4 Å². The van der Waals surface area contributed by atoms with E-state index in [9.17, 15) is 39.6 Å². The fourth-order valence-corrected chi connectivity index (χ4v) is 5.35. The molecular weight excluding hydrogens is 484 g/mol. The van der Waals surface area contributed by atoms with Gasteiger partial charge in [-0.3, -0.25) is 4.79 Å². The number of amides is 1. The van der Waals surface area contributed by atoms with E-state index in [1.165, 1.54) is 48.5 Å². The molecule has 34 heavy (non-hydrogen) atoms. The van der Waals surface area contributed by atoms with Crippen molar-refractivity contribution in [3.8, 4) is 0 Å². The van der Waals surface area contributed by atoms with Gasteiger partial charge in [0.25, 0.3) is 15.9 Å². The smallest absolute Gasteiger partial charge is 0.268 e. The minimum Gasteiger partial charge on any atom is -0.268 e. The normalized spacial score (nSPS) is 16.6. The van der Waals surface area contributed by atoms with Gasteiger partial charge in [-0.2, -0.15) is 26.3 Å². The van der Waals surface area contributed by atoms with Gasteiger partial charge in [-0.05, 0) is 54.4 Å². The maximum Gasteiger partial charge on any atom is 0.416 e. The van der Waals surface area contributed by atoms with E-state index in [1.54, 1.807) is 6.92 Å². The Bertz CT molecular complexity index is 1350. The Morgan fingerprint density at radius 3 is 1.85 bits per heavy atom. The van der Waals surface area contributed by atoms with E-state index < -0.39 is 51.0 Å². The van der Waals surface area contributed by atoms with Gasteiger partial charge in [-0.1, -0.05) is 35.9 Å². The number of rotatable bonds is 3. The first kappa shape index (κ1) is 23.8. The average molecular weight is 499 g/mol. The quantitative estimate of drug-likeness (QED) is 0.418. The molecule has 178 valence electrons. The number of hydrogen-bond acceptors (Lipinski definition) is 3. The molecule has 0 aromatic heterocycles. The van der Waals surface area contributed by atoms with Crippen molar-refractivity contribution in [1.29, 1.82) is 0 Å². The van der Waals surface area contributed by atoms with E-state index >= 15 is 0 Å². The van der Waals surface area contributed by atoms with Crippen LogP contribution in [-0.2, 0) is 22.4 Å². The summed E-state index contributed by atoms with van der Waals surface area (Å²) in [7, 11) is -4.65. The van der Waals surface area contributed by atoms with Crippen molar-refractivity contribution >= 4 is 15.9 Å². The van der Waals surface area contributed by atoms with Gasteiger partial charge in [-0.15, -0.1) is 0 Å². The molecule has 1 aliphatic rings. The van der Waals surface area contributed by atoms with Crippen LogP contribution in [0.25, 0.3) is 0 Å². The molecule has 0 bridgehead atoms. The number of aryl methyl sites for hydroxylation is 1. The Hall–Kier alpha value is -3.34. The molecule has 3 aromatic carbocycles. The number of benzene rings is 3. The van der Waals surface area contributed by atoms with Crippen LogP contribution < -0.4 is 0 Å². The van der Waals surface area contributed by atoms with E-state index in [1.807, 2.05) is 0 Å². The molecule has 0 saturated heterocycles. The molecule has 0 fully saturated rings. The summed E-state index contributed by atoms with van der Waals surface area (Å²) < 4.78 is 108. The summed E-state index contributed by atoms with van der Waals surface area (Å²) >= 11 is 0. The standard InChI is InChI=1S/C23H15F6NO3S/c1-13-6-8-17(9-7-13)34(32,33)30-20(18-4-2-3-5-19(18)21(30)31)14-10-15(22(24,25)26)12-16(11-14)23(27,28)29/h2-12,20H,1H3. The molecule has 0 N–H and O–H groups in total. The van der Waals surface area contributed by atoms with Gasteiger partial charge in [0.05, 0.1) is 22.1 Å². The Morgan fingerprint density at radius 1 is 0.794 bits per heavy atom. The van der Waals surface area contributed by atoms with Gasteiger partial charge < -0.3 is 0 Å². The molecule has 4 nitrogen and oxygen atoms in total. The fraction of sp³-hybridized carbons (Fsp3) is 0.174. The Kier molecular flexibility index (Phi) is 5.51. The zero-order valence-corrected chi connectivity index (χ0v) is 18.1. The fourth-order valence-electron chi connectivity index (χ4n) is 3.82. The summed E-state index contributed by atoms with van der Waals surface area (Å²) in [4.78, 5) is 12.8. The number of carbonyl (C=O) groups excluding carboxylic acids is 1. The second-order valence-corrected chi connectivity index (χ2v) is 9.56. The van der Waals surface area contributed by atoms with E-state index in [4.69, 9.17) is 0 Å². The number of carbonyl (C=O) groups is 1. The van der Waals surface area contributed by atoms with E-state index in [0.29, 0.717) is 22.0 Å². The maximum atomic E-state index is 13.5. The van der Waals surface area contributed by atoms with Gasteiger partial charge in [0.2, 0.25) is 0 Å². The number of hydrogen-bond donors (Lipinski definition) is 0. The lowest BCUT2D eigenvalue weighted by Gasteiger charge is -2.26. The second-order valence-electron chi connectivity index (χ2n) is 7.75. The van der Waals surface area contributed by atoms with Crippen molar-refractivity contribution in [1.82, 2.24) is 4.31 Å². The molecule has 1 atom stereocenters. The van der Waals surface area contributed by atoms with Crippen LogP contribution >= 0.6 is 0 Å². The van der Waals surface area contributed by atoms with Crippen LogP contribution in [0.15, 0.2) is 71.6 Å². The van der Waals surface area contributed by atoms with Crippen LogP contribution in [-0.4, -0.2) is 18.6 Å². The van der Waals surface area contributed by atoms with Crippen molar-refractivity contribution in [2.45, 2.75) is 30.2 Å². The SMILES string of the molecule is Cc1ccc(S(=O)(=O)N2C(=O)c3ccccc3C2c2cc(C(F)(F)F)cc(C(F)(F)F)c2)cc1. The van der Waals surface area contributed by atoms with Crippen LogP contribution in [0.3, 0.4) is 0 Å². The summed E-state index contributed by atoms with van der Waals surface area (Å²) in [5.74, 6) is -1.05. The lowest BCUT2D eigenvalue weighted by Crippen LogP contribution is -2.35. The van der Waals surface area contributed by atoms with Crippen LogP contribution in [0.4, 0.5) is 26.3 Å².